The minimum Gasteiger partial charge on any atom is -0.467 e. The Hall–Kier alpha value is -1.79. The van der Waals surface area contributed by atoms with Gasteiger partial charge in [-0.3, -0.25) is 0 Å². The number of carbonyl (C=O) groups excluding carboxylic acids is 2. The third-order valence-electron chi connectivity index (χ3n) is 3.59. The van der Waals surface area contributed by atoms with E-state index in [4.69, 9.17) is 16.3 Å². The van der Waals surface area contributed by atoms with Gasteiger partial charge in [0.25, 0.3) is 0 Å². The molecule has 23 heavy (non-hydrogen) atoms. The van der Waals surface area contributed by atoms with Crippen LogP contribution in [0.2, 0.25) is 5.02 Å². The Bertz CT molecular complexity index is 567. The molecule has 1 heterocycles. The van der Waals surface area contributed by atoms with E-state index in [1.807, 2.05) is 31.2 Å². The number of amides is 2. The molecular weight excluding hydrogens is 320 g/mol. The van der Waals surface area contributed by atoms with Crippen LogP contribution in [0.3, 0.4) is 0 Å². The number of methoxy groups -OCH3 is 1. The minimum atomic E-state index is -0.734. The molecule has 1 fully saturated rings. The Morgan fingerprint density at radius 1 is 1.43 bits per heavy atom. The van der Waals surface area contributed by atoms with Crippen molar-refractivity contribution in [2.45, 2.75) is 25.6 Å². The van der Waals surface area contributed by atoms with Gasteiger partial charge in [0.05, 0.1) is 19.8 Å². The van der Waals surface area contributed by atoms with E-state index in [0.29, 0.717) is 24.5 Å². The minimum absolute atomic E-state index is 0.194. The number of morpholine rings is 1. The van der Waals surface area contributed by atoms with Gasteiger partial charge in [0, 0.05) is 18.1 Å². The molecule has 0 aromatic heterocycles. The van der Waals surface area contributed by atoms with Gasteiger partial charge < -0.3 is 19.7 Å². The van der Waals surface area contributed by atoms with Crippen molar-refractivity contribution in [3.63, 3.8) is 0 Å². The van der Waals surface area contributed by atoms with Crippen LogP contribution in [0, 0.1) is 0 Å². The summed E-state index contributed by atoms with van der Waals surface area (Å²) in [6.45, 7) is 2.95. The molecule has 0 aliphatic carbocycles. The number of urea groups is 1. The zero-order valence-corrected chi connectivity index (χ0v) is 14.0. The Labute approximate surface area is 140 Å². The molecule has 0 bridgehead atoms. The standard InChI is InChI=1S/C16H21ClN2O4/c1-11-9-19(10-14(23-11)15(20)22-2)16(21)18-7-6-12-4-3-5-13(17)8-12/h3-5,8,11,14H,6-7,9-10H2,1-2H3,(H,18,21)/t11-,14-/m1/s1. The number of hydrogen-bond acceptors (Lipinski definition) is 4. The van der Waals surface area contributed by atoms with Gasteiger partial charge in [0.1, 0.15) is 0 Å². The lowest BCUT2D eigenvalue weighted by atomic mass is 10.1. The first-order valence-corrected chi connectivity index (χ1v) is 7.88. The van der Waals surface area contributed by atoms with Crippen molar-refractivity contribution >= 4 is 23.6 Å². The highest BCUT2D eigenvalue weighted by Crippen LogP contribution is 2.13. The first-order valence-electron chi connectivity index (χ1n) is 7.50. The van der Waals surface area contributed by atoms with Crippen molar-refractivity contribution in [2.75, 3.05) is 26.7 Å². The Morgan fingerprint density at radius 3 is 2.91 bits per heavy atom. The number of halogens is 1. The van der Waals surface area contributed by atoms with E-state index in [1.54, 1.807) is 4.90 Å². The summed E-state index contributed by atoms with van der Waals surface area (Å²) in [5, 5.41) is 3.53. The Kier molecular flexibility index (Phi) is 6.24. The van der Waals surface area contributed by atoms with Gasteiger partial charge in [0.15, 0.2) is 6.10 Å². The predicted molar refractivity (Wildman–Crippen MR) is 86.5 cm³/mol. The molecule has 2 amide bonds. The van der Waals surface area contributed by atoms with Crippen molar-refractivity contribution < 1.29 is 19.1 Å². The summed E-state index contributed by atoms with van der Waals surface area (Å²) < 4.78 is 10.2. The summed E-state index contributed by atoms with van der Waals surface area (Å²) in [6.07, 6.45) is -0.263. The molecule has 0 unspecified atom stereocenters. The Morgan fingerprint density at radius 2 is 2.22 bits per heavy atom. The van der Waals surface area contributed by atoms with Crippen LogP contribution in [0.4, 0.5) is 4.79 Å². The third kappa shape index (κ3) is 5.11. The van der Waals surface area contributed by atoms with E-state index in [-0.39, 0.29) is 18.7 Å². The van der Waals surface area contributed by atoms with Crippen molar-refractivity contribution in [3.05, 3.63) is 34.9 Å². The van der Waals surface area contributed by atoms with Crippen LogP contribution in [0.25, 0.3) is 0 Å². The number of nitrogens with one attached hydrogen (secondary N) is 1. The normalized spacial score (nSPS) is 20.9. The first-order chi connectivity index (χ1) is 11.0. The number of ether oxygens (including phenoxy) is 2. The molecule has 6 nitrogen and oxygen atoms in total. The van der Waals surface area contributed by atoms with Gasteiger partial charge in [-0.25, -0.2) is 9.59 Å². The maximum atomic E-state index is 12.2. The van der Waals surface area contributed by atoms with Crippen LogP contribution in [-0.2, 0) is 20.7 Å². The lowest BCUT2D eigenvalue weighted by Gasteiger charge is -2.35. The number of esters is 1. The van der Waals surface area contributed by atoms with Gasteiger partial charge in [-0.15, -0.1) is 0 Å². The van der Waals surface area contributed by atoms with Crippen LogP contribution in [0.15, 0.2) is 24.3 Å². The largest absolute Gasteiger partial charge is 0.467 e. The molecule has 1 N–H and O–H groups in total. The summed E-state index contributed by atoms with van der Waals surface area (Å²) in [4.78, 5) is 25.4. The van der Waals surface area contributed by atoms with Crippen LogP contribution < -0.4 is 5.32 Å². The number of hydrogen-bond donors (Lipinski definition) is 1. The molecule has 0 spiro atoms. The molecular formula is C16H21ClN2O4. The number of nitrogens with zero attached hydrogens (tertiary/aromatic N) is 1. The molecule has 1 aliphatic heterocycles. The maximum Gasteiger partial charge on any atom is 0.336 e. The summed E-state index contributed by atoms with van der Waals surface area (Å²) in [5.41, 5.74) is 1.06. The zero-order chi connectivity index (χ0) is 16.8. The van der Waals surface area contributed by atoms with E-state index in [2.05, 4.69) is 10.1 Å². The molecule has 1 aromatic carbocycles. The number of rotatable bonds is 4. The monoisotopic (exact) mass is 340 g/mol. The fraction of sp³-hybridized carbons (Fsp3) is 0.500. The van der Waals surface area contributed by atoms with E-state index in [1.165, 1.54) is 7.11 Å². The summed E-state index contributed by atoms with van der Waals surface area (Å²) in [5.74, 6) is -0.465. The highest BCUT2D eigenvalue weighted by molar-refractivity contribution is 6.30. The third-order valence-corrected chi connectivity index (χ3v) is 3.83. The van der Waals surface area contributed by atoms with Gasteiger partial charge in [-0.2, -0.15) is 0 Å². The van der Waals surface area contributed by atoms with Gasteiger partial charge in [-0.1, -0.05) is 23.7 Å². The van der Waals surface area contributed by atoms with Crippen molar-refractivity contribution in [1.29, 1.82) is 0 Å². The number of benzene rings is 1. The molecule has 1 aliphatic rings. The second kappa shape index (κ2) is 8.17. The maximum absolute atomic E-state index is 12.2. The van der Waals surface area contributed by atoms with Crippen LogP contribution in [0.5, 0.6) is 0 Å². The quantitative estimate of drug-likeness (QED) is 0.849. The highest BCUT2D eigenvalue weighted by Gasteiger charge is 2.33. The molecule has 0 radical (unpaired) electrons. The Balaban J connectivity index is 1.83. The van der Waals surface area contributed by atoms with E-state index >= 15 is 0 Å². The van der Waals surface area contributed by atoms with E-state index in [0.717, 1.165) is 5.56 Å². The summed E-state index contributed by atoms with van der Waals surface area (Å²) in [7, 11) is 1.31. The molecule has 1 aromatic rings. The summed E-state index contributed by atoms with van der Waals surface area (Å²) in [6, 6.07) is 7.31. The predicted octanol–water partition coefficient (Wildman–Crippen LogP) is 1.85. The van der Waals surface area contributed by atoms with Crippen molar-refractivity contribution in [3.8, 4) is 0 Å². The second-order valence-corrected chi connectivity index (χ2v) is 5.91. The van der Waals surface area contributed by atoms with Crippen LogP contribution >= 0.6 is 11.6 Å². The van der Waals surface area contributed by atoms with Crippen molar-refractivity contribution in [2.24, 2.45) is 0 Å². The summed E-state index contributed by atoms with van der Waals surface area (Å²) >= 11 is 5.93. The molecule has 2 rings (SSSR count). The smallest absolute Gasteiger partial charge is 0.336 e. The van der Waals surface area contributed by atoms with Gasteiger partial charge >= 0.3 is 12.0 Å². The number of carbonyl (C=O) groups is 2. The molecule has 0 saturated carbocycles. The lowest BCUT2D eigenvalue weighted by molar-refractivity contribution is -0.164. The average molecular weight is 341 g/mol. The zero-order valence-electron chi connectivity index (χ0n) is 13.3. The van der Waals surface area contributed by atoms with Gasteiger partial charge in [-0.05, 0) is 31.0 Å². The molecule has 2 atom stereocenters. The fourth-order valence-electron chi connectivity index (χ4n) is 2.50. The van der Waals surface area contributed by atoms with E-state index in [9.17, 15) is 9.59 Å². The van der Waals surface area contributed by atoms with Crippen molar-refractivity contribution in [1.82, 2.24) is 10.2 Å². The molecule has 126 valence electrons. The fourth-order valence-corrected chi connectivity index (χ4v) is 2.71. The van der Waals surface area contributed by atoms with E-state index < -0.39 is 12.1 Å². The van der Waals surface area contributed by atoms with Crippen LogP contribution in [-0.4, -0.2) is 55.9 Å². The molecule has 1 saturated heterocycles. The lowest BCUT2D eigenvalue weighted by Crippen LogP contribution is -2.54. The molecule has 7 heteroatoms. The SMILES string of the molecule is COC(=O)[C@H]1CN(C(=O)NCCc2cccc(Cl)c2)C[C@@H](C)O1. The van der Waals surface area contributed by atoms with Gasteiger partial charge in [0.2, 0.25) is 0 Å². The average Bonchev–Trinajstić information content (AvgIpc) is 2.53. The topological polar surface area (TPSA) is 67.9 Å². The van der Waals surface area contributed by atoms with Crippen LogP contribution in [0.1, 0.15) is 12.5 Å². The first kappa shape index (κ1) is 17.6. The second-order valence-electron chi connectivity index (χ2n) is 5.48. The highest BCUT2D eigenvalue weighted by atomic mass is 35.5.